The second-order valence-electron chi connectivity index (χ2n) is 9.62. The van der Waals surface area contributed by atoms with Crippen LogP contribution in [0.25, 0.3) is 10.9 Å². The van der Waals surface area contributed by atoms with Crippen LogP contribution in [0.15, 0.2) is 60.8 Å². The van der Waals surface area contributed by atoms with Crippen molar-refractivity contribution in [3.05, 3.63) is 71.9 Å². The summed E-state index contributed by atoms with van der Waals surface area (Å²) in [6.45, 7) is 6.39. The van der Waals surface area contributed by atoms with Gasteiger partial charge in [0.05, 0.1) is 12.5 Å². The topological polar surface area (TPSA) is 135 Å². The monoisotopic (exact) mass is 492 g/mol. The zero-order valence-corrected chi connectivity index (χ0v) is 20.9. The summed E-state index contributed by atoms with van der Waals surface area (Å²) in [5, 5.41) is 3.46. The molecule has 0 unspecified atom stereocenters. The summed E-state index contributed by atoms with van der Waals surface area (Å²) in [6.07, 6.45) is 0.450. The Kier molecular flexibility index (Phi) is 8.26. The molecule has 190 valence electrons. The van der Waals surface area contributed by atoms with E-state index in [0.29, 0.717) is 10.5 Å². The minimum atomic E-state index is -1.24. The molecule has 3 rings (SSSR count). The predicted molar refractivity (Wildman–Crippen MR) is 136 cm³/mol. The molecule has 0 saturated carbocycles. The minimum Gasteiger partial charge on any atom is -0.443 e. The quantitative estimate of drug-likeness (QED) is 0.464. The van der Waals surface area contributed by atoms with Crippen molar-refractivity contribution >= 4 is 34.7 Å². The number of amides is 4. The van der Waals surface area contributed by atoms with Crippen molar-refractivity contribution in [1.29, 1.82) is 0 Å². The second-order valence-corrected chi connectivity index (χ2v) is 9.62. The Hall–Kier alpha value is -3.98. The molecule has 1 aromatic heterocycles. The molecule has 0 aliphatic heterocycles. The van der Waals surface area contributed by atoms with Crippen molar-refractivity contribution in [2.75, 3.05) is 0 Å². The summed E-state index contributed by atoms with van der Waals surface area (Å²) in [5.41, 5.74) is 6.97. The zero-order valence-electron chi connectivity index (χ0n) is 20.9. The molecule has 4 N–H and O–H groups in total. The van der Waals surface area contributed by atoms with Gasteiger partial charge in [-0.1, -0.05) is 48.5 Å². The lowest BCUT2D eigenvalue weighted by Gasteiger charge is -2.28. The normalized spacial score (nSPS) is 13.0. The average molecular weight is 493 g/mol. The maximum atomic E-state index is 13.8. The molecule has 2 aromatic carbocycles. The average Bonchev–Trinajstić information content (AvgIpc) is 3.21. The molecule has 2 atom stereocenters. The number of imide groups is 3. The van der Waals surface area contributed by atoms with Crippen LogP contribution in [-0.2, 0) is 32.0 Å². The minimum absolute atomic E-state index is 0.0270. The van der Waals surface area contributed by atoms with E-state index in [0.717, 1.165) is 16.5 Å². The molecule has 0 aliphatic rings. The van der Waals surface area contributed by atoms with Crippen LogP contribution in [-0.4, -0.2) is 51.4 Å². The molecule has 9 heteroatoms. The Balaban J connectivity index is 1.98. The number of H-pyrrole nitrogens is 1. The number of benzene rings is 2. The Morgan fingerprint density at radius 3 is 2.31 bits per heavy atom. The third-order valence-corrected chi connectivity index (χ3v) is 5.37. The fourth-order valence-electron chi connectivity index (χ4n) is 3.65. The molecule has 3 aromatic rings. The van der Waals surface area contributed by atoms with Crippen LogP contribution in [0, 0.1) is 0 Å². The lowest BCUT2D eigenvalue weighted by Crippen LogP contribution is -2.56. The van der Waals surface area contributed by atoms with Crippen LogP contribution in [0.3, 0.4) is 0 Å². The van der Waals surface area contributed by atoms with Gasteiger partial charge in [0.15, 0.2) is 0 Å². The van der Waals surface area contributed by atoms with Gasteiger partial charge in [0.25, 0.3) is 5.91 Å². The number of rotatable bonds is 7. The van der Waals surface area contributed by atoms with Crippen LogP contribution in [0.1, 0.15) is 38.8 Å². The number of para-hydroxylation sites is 1. The van der Waals surface area contributed by atoms with E-state index in [1.165, 1.54) is 6.92 Å². The van der Waals surface area contributed by atoms with E-state index in [9.17, 15) is 19.2 Å². The van der Waals surface area contributed by atoms with E-state index in [-0.39, 0.29) is 12.8 Å². The summed E-state index contributed by atoms with van der Waals surface area (Å²) >= 11 is 0. The number of ether oxygens (including phenoxy) is 1. The number of carbonyl (C=O) groups is 4. The first-order valence-electron chi connectivity index (χ1n) is 11.7. The lowest BCUT2D eigenvalue weighted by atomic mass is 10.0. The van der Waals surface area contributed by atoms with Crippen LogP contribution < -0.4 is 11.1 Å². The van der Waals surface area contributed by atoms with Gasteiger partial charge in [-0.15, -0.1) is 0 Å². The number of fused-ring (bicyclic) bond motifs is 1. The van der Waals surface area contributed by atoms with Crippen LogP contribution in [0.4, 0.5) is 4.79 Å². The summed E-state index contributed by atoms with van der Waals surface area (Å²) in [5.74, 6) is -2.25. The smallest absolute Gasteiger partial charge is 0.424 e. The molecular formula is C27H32N4O5. The summed E-state index contributed by atoms with van der Waals surface area (Å²) in [4.78, 5) is 56.3. The summed E-state index contributed by atoms with van der Waals surface area (Å²) < 4.78 is 5.39. The van der Waals surface area contributed by atoms with E-state index >= 15 is 0 Å². The number of nitrogens with one attached hydrogen (secondary N) is 2. The molecule has 1 heterocycles. The second kappa shape index (κ2) is 11.2. The molecule has 0 fully saturated rings. The zero-order chi connectivity index (χ0) is 26.5. The fraction of sp³-hybridized carbons (Fsp3) is 0.333. The van der Waals surface area contributed by atoms with Crippen LogP contribution in [0.5, 0.6) is 0 Å². The molecule has 0 radical (unpaired) electrons. The number of nitrogens with zero attached hydrogens (tertiary/aromatic N) is 1. The first-order valence-corrected chi connectivity index (χ1v) is 11.7. The number of aromatic nitrogens is 1. The predicted octanol–water partition coefficient (Wildman–Crippen LogP) is 3.08. The first-order chi connectivity index (χ1) is 17.0. The van der Waals surface area contributed by atoms with Gasteiger partial charge in [-0.3, -0.25) is 14.4 Å². The maximum absolute atomic E-state index is 13.8. The fourth-order valence-corrected chi connectivity index (χ4v) is 3.65. The van der Waals surface area contributed by atoms with Crippen molar-refractivity contribution in [2.24, 2.45) is 5.73 Å². The highest BCUT2D eigenvalue weighted by molar-refractivity contribution is 6.11. The molecule has 0 spiro atoms. The number of carbonyl (C=O) groups excluding carboxylic acids is 4. The molecule has 9 nitrogen and oxygen atoms in total. The van der Waals surface area contributed by atoms with Gasteiger partial charge in [0.1, 0.15) is 11.6 Å². The van der Waals surface area contributed by atoms with E-state index in [2.05, 4.69) is 10.3 Å². The van der Waals surface area contributed by atoms with E-state index in [4.69, 9.17) is 10.5 Å². The first kappa shape index (κ1) is 26.6. The lowest BCUT2D eigenvalue weighted by molar-refractivity contribution is -0.145. The maximum Gasteiger partial charge on any atom is 0.424 e. The number of hydrogen-bond donors (Lipinski definition) is 3. The molecule has 0 bridgehead atoms. The van der Waals surface area contributed by atoms with Gasteiger partial charge in [-0.25, -0.2) is 4.79 Å². The van der Waals surface area contributed by atoms with Crippen molar-refractivity contribution in [2.45, 2.75) is 58.2 Å². The molecule has 4 amide bonds. The standard InChI is InChI=1S/C27H32N4O5/c1-17(28)24(33)30-22(15-19-16-29-21-13-9-8-12-20(19)21)25(34)31(26(35)36-27(2,3)4)23(32)14-18-10-6-5-7-11-18/h5-13,16-17,22,29H,14-15,28H2,1-4H3,(H,30,33)/t17-,22+/m0/s1. The third kappa shape index (κ3) is 6.79. The van der Waals surface area contributed by atoms with E-state index in [1.54, 1.807) is 57.3 Å². The Labute approximate surface area is 210 Å². The van der Waals surface area contributed by atoms with Gasteiger partial charge in [0.2, 0.25) is 11.8 Å². The highest BCUT2D eigenvalue weighted by Crippen LogP contribution is 2.21. The Morgan fingerprint density at radius 2 is 1.67 bits per heavy atom. The molecule has 0 saturated heterocycles. The Morgan fingerprint density at radius 1 is 1.03 bits per heavy atom. The van der Waals surface area contributed by atoms with Crippen LogP contribution in [0.2, 0.25) is 0 Å². The van der Waals surface area contributed by atoms with Crippen molar-refractivity contribution < 1.29 is 23.9 Å². The van der Waals surface area contributed by atoms with Gasteiger partial charge in [-0.2, -0.15) is 4.90 Å². The van der Waals surface area contributed by atoms with Crippen molar-refractivity contribution in [1.82, 2.24) is 15.2 Å². The van der Waals surface area contributed by atoms with Crippen molar-refractivity contribution in [3.8, 4) is 0 Å². The van der Waals surface area contributed by atoms with E-state index < -0.39 is 41.5 Å². The highest BCUT2D eigenvalue weighted by atomic mass is 16.6. The molecular weight excluding hydrogens is 460 g/mol. The molecule has 36 heavy (non-hydrogen) atoms. The SMILES string of the molecule is C[C@H](N)C(=O)N[C@H](Cc1c[nH]c2ccccc12)C(=O)N(C(=O)Cc1ccccc1)C(=O)OC(C)(C)C. The Bertz CT molecular complexity index is 1240. The molecule has 0 aliphatic carbocycles. The largest absolute Gasteiger partial charge is 0.443 e. The highest BCUT2D eigenvalue weighted by Gasteiger charge is 2.38. The number of aromatic amines is 1. The summed E-state index contributed by atoms with van der Waals surface area (Å²) in [6, 6.07) is 14.1. The summed E-state index contributed by atoms with van der Waals surface area (Å²) in [7, 11) is 0. The number of hydrogen-bond acceptors (Lipinski definition) is 6. The van der Waals surface area contributed by atoms with Crippen molar-refractivity contribution in [3.63, 3.8) is 0 Å². The van der Waals surface area contributed by atoms with Gasteiger partial charge in [0, 0.05) is 23.5 Å². The van der Waals surface area contributed by atoms with Gasteiger partial charge in [-0.05, 0) is 44.9 Å². The van der Waals surface area contributed by atoms with Crippen LogP contribution >= 0.6 is 0 Å². The van der Waals surface area contributed by atoms with Gasteiger partial charge >= 0.3 is 6.09 Å². The van der Waals surface area contributed by atoms with Gasteiger partial charge < -0.3 is 20.8 Å². The third-order valence-electron chi connectivity index (χ3n) is 5.37. The van der Waals surface area contributed by atoms with E-state index in [1.807, 2.05) is 24.3 Å². The number of nitrogens with two attached hydrogens (primary N) is 1.